The smallest absolute Gasteiger partial charge is 0.309 e. The molecule has 0 aliphatic heterocycles. The fourth-order valence-corrected chi connectivity index (χ4v) is 2.64. The van der Waals surface area contributed by atoms with Crippen LogP contribution in [0.1, 0.15) is 31.9 Å². The number of nitrogens with two attached hydrogens (primary N) is 1. The molecule has 0 aliphatic rings. The van der Waals surface area contributed by atoms with Gasteiger partial charge >= 0.3 is 5.97 Å². The third-order valence-corrected chi connectivity index (χ3v) is 3.98. The number of carbonyl (C=O) groups is 1. The highest BCUT2D eigenvalue weighted by molar-refractivity contribution is 9.10. The summed E-state index contributed by atoms with van der Waals surface area (Å²) in [5.41, 5.74) is 5.99. The molecule has 1 unspecified atom stereocenters. The van der Waals surface area contributed by atoms with Crippen molar-refractivity contribution in [3.63, 3.8) is 0 Å². The minimum atomic E-state index is -0.906. The van der Waals surface area contributed by atoms with E-state index in [0.29, 0.717) is 22.4 Å². The molecule has 0 saturated carbocycles. The topological polar surface area (TPSA) is 81.8 Å². The average Bonchev–Trinajstić information content (AvgIpc) is 2.37. The molecule has 1 aromatic carbocycles. The van der Waals surface area contributed by atoms with Crippen LogP contribution < -0.4 is 15.2 Å². The van der Waals surface area contributed by atoms with Gasteiger partial charge in [0.05, 0.1) is 19.6 Å². The Labute approximate surface area is 127 Å². The number of carboxylic acids is 1. The van der Waals surface area contributed by atoms with Gasteiger partial charge in [-0.25, -0.2) is 0 Å². The number of ether oxygens (including phenoxy) is 2. The Morgan fingerprint density at radius 3 is 2.45 bits per heavy atom. The molecule has 0 aliphatic carbocycles. The zero-order valence-corrected chi connectivity index (χ0v) is 13.7. The molecule has 0 amide bonds. The normalized spacial score (nSPS) is 12.9. The maximum absolute atomic E-state index is 11.2. The van der Waals surface area contributed by atoms with Crippen molar-refractivity contribution in [3.8, 4) is 11.5 Å². The van der Waals surface area contributed by atoms with Crippen molar-refractivity contribution < 1.29 is 19.4 Å². The van der Waals surface area contributed by atoms with E-state index >= 15 is 0 Å². The SMILES string of the molecule is COc1ccc(C(N)CC(C)(C)C(=O)O)c(OC)c1Br. The third-order valence-electron chi connectivity index (χ3n) is 3.22. The molecular formula is C14H20BrNO4. The van der Waals surface area contributed by atoms with Crippen molar-refractivity contribution in [3.05, 3.63) is 22.2 Å². The van der Waals surface area contributed by atoms with E-state index in [9.17, 15) is 9.90 Å². The van der Waals surface area contributed by atoms with Crippen molar-refractivity contribution >= 4 is 21.9 Å². The summed E-state index contributed by atoms with van der Waals surface area (Å²) in [5.74, 6) is 0.327. The third kappa shape index (κ3) is 3.43. The van der Waals surface area contributed by atoms with Crippen molar-refractivity contribution in [2.75, 3.05) is 14.2 Å². The van der Waals surface area contributed by atoms with Crippen LogP contribution in [0.25, 0.3) is 0 Å². The molecule has 1 rings (SSSR count). The second kappa shape index (κ2) is 6.45. The molecule has 0 bridgehead atoms. The second-order valence-electron chi connectivity index (χ2n) is 5.20. The van der Waals surface area contributed by atoms with Crippen LogP contribution >= 0.6 is 15.9 Å². The highest BCUT2D eigenvalue weighted by Crippen LogP contribution is 2.41. The summed E-state index contributed by atoms with van der Waals surface area (Å²) in [6.07, 6.45) is 0.303. The van der Waals surface area contributed by atoms with E-state index in [4.69, 9.17) is 15.2 Å². The monoisotopic (exact) mass is 345 g/mol. The predicted octanol–water partition coefficient (Wildman–Crippen LogP) is 2.97. The van der Waals surface area contributed by atoms with Crippen molar-refractivity contribution in [1.29, 1.82) is 0 Å². The van der Waals surface area contributed by atoms with E-state index in [1.807, 2.05) is 0 Å². The largest absolute Gasteiger partial charge is 0.495 e. The molecule has 0 radical (unpaired) electrons. The van der Waals surface area contributed by atoms with Crippen LogP contribution in [0, 0.1) is 5.41 Å². The van der Waals surface area contributed by atoms with Crippen LogP contribution in [0.4, 0.5) is 0 Å². The van der Waals surface area contributed by atoms with Crippen LogP contribution in [0.15, 0.2) is 16.6 Å². The van der Waals surface area contributed by atoms with Gasteiger partial charge in [0, 0.05) is 11.6 Å². The number of halogens is 1. The highest BCUT2D eigenvalue weighted by atomic mass is 79.9. The Morgan fingerprint density at radius 1 is 1.40 bits per heavy atom. The van der Waals surface area contributed by atoms with Crippen LogP contribution in [-0.2, 0) is 4.79 Å². The maximum Gasteiger partial charge on any atom is 0.309 e. The molecule has 0 saturated heterocycles. The lowest BCUT2D eigenvalue weighted by Gasteiger charge is -2.25. The van der Waals surface area contributed by atoms with Gasteiger partial charge in [-0.2, -0.15) is 0 Å². The Hall–Kier alpha value is -1.27. The predicted molar refractivity (Wildman–Crippen MR) is 80.2 cm³/mol. The summed E-state index contributed by atoms with van der Waals surface area (Å²) >= 11 is 3.41. The van der Waals surface area contributed by atoms with E-state index in [-0.39, 0.29) is 0 Å². The Balaban J connectivity index is 3.14. The van der Waals surface area contributed by atoms with Gasteiger partial charge in [0.2, 0.25) is 0 Å². The molecule has 1 atom stereocenters. The quantitative estimate of drug-likeness (QED) is 0.828. The number of hydrogen-bond acceptors (Lipinski definition) is 4. The van der Waals surface area contributed by atoms with Crippen molar-refractivity contribution in [1.82, 2.24) is 0 Å². The van der Waals surface area contributed by atoms with E-state index in [1.165, 1.54) is 7.11 Å². The van der Waals surface area contributed by atoms with Gasteiger partial charge in [0.15, 0.2) is 0 Å². The van der Waals surface area contributed by atoms with Crippen LogP contribution in [0.2, 0.25) is 0 Å². The lowest BCUT2D eigenvalue weighted by atomic mass is 9.83. The lowest BCUT2D eigenvalue weighted by Crippen LogP contribution is -2.29. The van der Waals surface area contributed by atoms with E-state index in [0.717, 1.165) is 5.56 Å². The van der Waals surface area contributed by atoms with E-state index in [2.05, 4.69) is 15.9 Å². The number of rotatable bonds is 6. The molecule has 1 aromatic rings. The average molecular weight is 346 g/mol. The number of hydrogen-bond donors (Lipinski definition) is 2. The lowest BCUT2D eigenvalue weighted by molar-refractivity contribution is -0.147. The van der Waals surface area contributed by atoms with Gasteiger partial charge in [-0.15, -0.1) is 0 Å². The molecule has 0 aromatic heterocycles. The Morgan fingerprint density at radius 2 is 2.00 bits per heavy atom. The summed E-state index contributed by atoms with van der Waals surface area (Å²) in [6, 6.07) is 3.12. The first kappa shape index (κ1) is 16.8. The van der Waals surface area contributed by atoms with E-state index in [1.54, 1.807) is 33.1 Å². The molecule has 6 heteroatoms. The van der Waals surface area contributed by atoms with Crippen LogP contribution in [-0.4, -0.2) is 25.3 Å². The molecule has 0 spiro atoms. The summed E-state index contributed by atoms with van der Waals surface area (Å²) in [4.78, 5) is 11.2. The summed E-state index contributed by atoms with van der Waals surface area (Å²) in [7, 11) is 3.10. The molecular weight excluding hydrogens is 326 g/mol. The Bertz CT molecular complexity index is 502. The minimum Gasteiger partial charge on any atom is -0.495 e. The zero-order chi connectivity index (χ0) is 15.5. The molecule has 3 N–H and O–H groups in total. The number of benzene rings is 1. The van der Waals surface area contributed by atoms with Gasteiger partial charge in [-0.3, -0.25) is 4.79 Å². The highest BCUT2D eigenvalue weighted by Gasteiger charge is 2.31. The molecule has 20 heavy (non-hydrogen) atoms. The molecule has 112 valence electrons. The number of methoxy groups -OCH3 is 2. The number of aliphatic carboxylic acids is 1. The first-order valence-corrected chi connectivity index (χ1v) is 6.93. The van der Waals surface area contributed by atoms with E-state index < -0.39 is 17.4 Å². The maximum atomic E-state index is 11.2. The molecule has 5 nitrogen and oxygen atoms in total. The standard InChI is InChI=1S/C14H20BrNO4/c1-14(2,13(17)18)7-9(16)8-5-6-10(19-3)11(15)12(8)20-4/h5-6,9H,7,16H2,1-4H3,(H,17,18). The van der Waals surface area contributed by atoms with Gasteiger partial charge in [-0.05, 0) is 48.3 Å². The van der Waals surface area contributed by atoms with Crippen LogP contribution in [0.3, 0.4) is 0 Å². The minimum absolute atomic E-state index is 0.303. The van der Waals surface area contributed by atoms with Crippen LogP contribution in [0.5, 0.6) is 11.5 Å². The first-order chi connectivity index (χ1) is 9.24. The van der Waals surface area contributed by atoms with Crippen molar-refractivity contribution in [2.24, 2.45) is 11.1 Å². The van der Waals surface area contributed by atoms with Gasteiger partial charge in [0.25, 0.3) is 0 Å². The summed E-state index contributed by atoms with van der Waals surface area (Å²) < 4.78 is 11.2. The fraction of sp³-hybridized carbons (Fsp3) is 0.500. The van der Waals surface area contributed by atoms with Crippen molar-refractivity contribution in [2.45, 2.75) is 26.3 Å². The number of carboxylic acid groups (broad SMARTS) is 1. The summed E-state index contributed by atoms with van der Waals surface area (Å²) in [5, 5.41) is 9.18. The first-order valence-electron chi connectivity index (χ1n) is 6.14. The second-order valence-corrected chi connectivity index (χ2v) is 6.00. The fourth-order valence-electron chi connectivity index (χ4n) is 1.96. The molecule has 0 fully saturated rings. The van der Waals surface area contributed by atoms with Gasteiger partial charge in [-0.1, -0.05) is 0 Å². The zero-order valence-electron chi connectivity index (χ0n) is 12.1. The Kier molecular flexibility index (Phi) is 5.42. The van der Waals surface area contributed by atoms with Gasteiger partial charge < -0.3 is 20.3 Å². The van der Waals surface area contributed by atoms with Gasteiger partial charge in [0.1, 0.15) is 16.0 Å². The molecule has 0 heterocycles. The summed E-state index contributed by atoms with van der Waals surface area (Å²) in [6.45, 7) is 3.31.